The van der Waals surface area contributed by atoms with Crippen molar-refractivity contribution in [3.05, 3.63) is 253 Å². The van der Waals surface area contributed by atoms with Crippen molar-refractivity contribution < 1.29 is 4.42 Å². The zero-order valence-electron chi connectivity index (χ0n) is 33.0. The fourth-order valence-corrected chi connectivity index (χ4v) is 8.93. The van der Waals surface area contributed by atoms with Gasteiger partial charge in [0.05, 0.1) is 0 Å². The third kappa shape index (κ3) is 6.57. The first-order valence-electron chi connectivity index (χ1n) is 20.7. The molecule has 11 aromatic rings. The van der Waals surface area contributed by atoms with Gasteiger partial charge in [0.2, 0.25) is 0 Å². The molecule has 11 rings (SSSR count). The first-order valence-corrected chi connectivity index (χ1v) is 20.7. The molecular weight excluding hydrogens is 725 g/mol. The van der Waals surface area contributed by atoms with E-state index in [1.54, 1.807) is 0 Å². The molecule has 0 saturated carbocycles. The molecule has 0 N–H and O–H groups in total. The second-order valence-corrected chi connectivity index (χ2v) is 15.6. The number of furan rings is 1. The van der Waals surface area contributed by atoms with Crippen LogP contribution >= 0.6 is 0 Å². The minimum atomic E-state index is 0.0418. The zero-order chi connectivity index (χ0) is 39.8. The summed E-state index contributed by atoms with van der Waals surface area (Å²) in [6.45, 7) is 0. The number of hydrogen-bond donors (Lipinski definition) is 0. The molecule has 1 heteroatoms. The second-order valence-electron chi connectivity index (χ2n) is 15.6. The van der Waals surface area contributed by atoms with Crippen molar-refractivity contribution >= 4 is 32.7 Å². The molecular formula is C59H40O. The third-order valence-electron chi connectivity index (χ3n) is 12.1. The van der Waals surface area contributed by atoms with Crippen LogP contribution in [0.4, 0.5) is 0 Å². The molecule has 0 atom stereocenters. The van der Waals surface area contributed by atoms with Gasteiger partial charge in [-0.1, -0.05) is 224 Å². The fraction of sp³-hybridized carbons (Fsp3) is 0.0169. The van der Waals surface area contributed by atoms with Gasteiger partial charge in [0.1, 0.15) is 11.2 Å². The van der Waals surface area contributed by atoms with Crippen molar-refractivity contribution in [1.82, 2.24) is 0 Å². The smallest absolute Gasteiger partial charge is 0.143 e. The van der Waals surface area contributed by atoms with Crippen LogP contribution in [0.25, 0.3) is 88.3 Å². The van der Waals surface area contributed by atoms with Crippen molar-refractivity contribution in [2.45, 2.75) is 5.92 Å². The standard InChI is InChI=1S/C59H40O/c1-3-11-40(12-4-1)42-19-23-44(24-20-42)46-27-33-49(34-28-46)58(50-35-29-47(30-36-50)45-25-21-43(22-26-45)41-13-5-2-6-14-41)51-37-31-48(32-38-51)55-39-56-53-16-9-10-18-57(53)60-59(56)54-17-8-7-15-52(54)55/h1-39,58H. The van der Waals surface area contributed by atoms with E-state index < -0.39 is 0 Å². The second kappa shape index (κ2) is 15.2. The summed E-state index contributed by atoms with van der Waals surface area (Å²) >= 11 is 0. The summed E-state index contributed by atoms with van der Waals surface area (Å²) in [5, 5.41) is 4.61. The van der Waals surface area contributed by atoms with Crippen LogP contribution in [0.3, 0.4) is 0 Å². The van der Waals surface area contributed by atoms with Crippen molar-refractivity contribution in [2.24, 2.45) is 0 Å². The van der Waals surface area contributed by atoms with Gasteiger partial charge in [-0.2, -0.15) is 0 Å². The molecule has 0 amide bonds. The Hall–Kier alpha value is -7.74. The van der Waals surface area contributed by atoms with Crippen LogP contribution < -0.4 is 0 Å². The van der Waals surface area contributed by atoms with E-state index in [9.17, 15) is 0 Å². The van der Waals surface area contributed by atoms with Gasteiger partial charge in [-0.15, -0.1) is 0 Å². The highest BCUT2D eigenvalue weighted by Crippen LogP contribution is 2.41. The molecule has 1 nitrogen and oxygen atoms in total. The van der Waals surface area contributed by atoms with E-state index in [1.165, 1.54) is 77.7 Å². The largest absolute Gasteiger partial charge is 0.455 e. The molecule has 1 aromatic heterocycles. The zero-order valence-corrected chi connectivity index (χ0v) is 33.0. The van der Waals surface area contributed by atoms with Crippen LogP contribution in [0.5, 0.6) is 0 Å². The van der Waals surface area contributed by atoms with Crippen molar-refractivity contribution in [1.29, 1.82) is 0 Å². The SMILES string of the molecule is c1ccc(-c2ccc(-c3ccc(C(c4ccc(-c5ccc(-c6ccccc6)cc5)cc4)c4ccc(-c5cc6c7ccccc7oc6c6ccccc56)cc4)cc3)cc2)cc1. The summed E-state index contributed by atoms with van der Waals surface area (Å²) in [6.07, 6.45) is 0. The molecule has 0 aliphatic carbocycles. The molecule has 0 saturated heterocycles. The van der Waals surface area contributed by atoms with E-state index in [0.29, 0.717) is 0 Å². The van der Waals surface area contributed by atoms with Crippen LogP contribution in [0.15, 0.2) is 241 Å². The van der Waals surface area contributed by atoms with E-state index in [1.807, 2.05) is 6.07 Å². The van der Waals surface area contributed by atoms with E-state index in [-0.39, 0.29) is 5.92 Å². The minimum absolute atomic E-state index is 0.0418. The van der Waals surface area contributed by atoms with E-state index in [0.717, 1.165) is 27.3 Å². The summed E-state index contributed by atoms with van der Waals surface area (Å²) in [5.74, 6) is 0.0418. The monoisotopic (exact) mass is 764 g/mol. The van der Waals surface area contributed by atoms with E-state index in [2.05, 4.69) is 231 Å². The van der Waals surface area contributed by atoms with Gasteiger partial charge in [-0.05, 0) is 89.8 Å². The van der Waals surface area contributed by atoms with Gasteiger partial charge in [0.25, 0.3) is 0 Å². The van der Waals surface area contributed by atoms with E-state index >= 15 is 0 Å². The van der Waals surface area contributed by atoms with Crippen molar-refractivity contribution in [2.75, 3.05) is 0 Å². The van der Waals surface area contributed by atoms with E-state index in [4.69, 9.17) is 4.42 Å². The first-order chi connectivity index (χ1) is 29.7. The topological polar surface area (TPSA) is 13.1 Å². The Morgan fingerprint density at radius 2 is 0.583 bits per heavy atom. The average molecular weight is 765 g/mol. The molecule has 0 unspecified atom stereocenters. The fourth-order valence-electron chi connectivity index (χ4n) is 8.93. The quantitative estimate of drug-likeness (QED) is 0.140. The van der Waals surface area contributed by atoms with Crippen molar-refractivity contribution in [3.63, 3.8) is 0 Å². The number of benzene rings is 10. The number of para-hydroxylation sites is 1. The average Bonchev–Trinajstić information content (AvgIpc) is 3.72. The van der Waals surface area contributed by atoms with Crippen molar-refractivity contribution in [3.8, 4) is 55.6 Å². The predicted octanol–water partition coefficient (Wildman–Crippen LogP) is 16.3. The third-order valence-corrected chi connectivity index (χ3v) is 12.1. The Morgan fingerprint density at radius 1 is 0.250 bits per heavy atom. The Morgan fingerprint density at radius 3 is 1.03 bits per heavy atom. The molecule has 0 radical (unpaired) electrons. The summed E-state index contributed by atoms with van der Waals surface area (Å²) in [7, 11) is 0. The Balaban J connectivity index is 0.960. The lowest BCUT2D eigenvalue weighted by Crippen LogP contribution is -2.03. The molecule has 0 aliphatic rings. The maximum atomic E-state index is 6.43. The summed E-state index contributed by atoms with van der Waals surface area (Å²) in [5.41, 5.74) is 17.7. The number of rotatable bonds is 8. The van der Waals surface area contributed by atoms with Gasteiger partial charge >= 0.3 is 0 Å². The Kier molecular flexibility index (Phi) is 8.98. The van der Waals surface area contributed by atoms with Crippen LogP contribution in [-0.4, -0.2) is 0 Å². The van der Waals surface area contributed by atoms with Crippen LogP contribution in [0, 0.1) is 0 Å². The maximum Gasteiger partial charge on any atom is 0.143 e. The highest BCUT2D eigenvalue weighted by Gasteiger charge is 2.19. The lowest BCUT2D eigenvalue weighted by molar-refractivity contribution is 0.672. The summed E-state index contributed by atoms with van der Waals surface area (Å²) in [6, 6.07) is 85.7. The molecule has 0 aliphatic heterocycles. The molecule has 282 valence electrons. The van der Waals surface area contributed by atoms with Crippen LogP contribution in [-0.2, 0) is 0 Å². The van der Waals surface area contributed by atoms with Crippen LogP contribution in [0.1, 0.15) is 22.6 Å². The molecule has 60 heavy (non-hydrogen) atoms. The highest BCUT2D eigenvalue weighted by atomic mass is 16.3. The molecule has 1 heterocycles. The lowest BCUT2D eigenvalue weighted by atomic mass is 9.83. The van der Waals surface area contributed by atoms with Gasteiger partial charge in [0, 0.05) is 22.1 Å². The normalized spacial score (nSPS) is 11.5. The Labute approximate surface area is 350 Å². The number of hydrogen-bond acceptors (Lipinski definition) is 1. The highest BCUT2D eigenvalue weighted by molar-refractivity contribution is 6.19. The van der Waals surface area contributed by atoms with Gasteiger partial charge < -0.3 is 4.42 Å². The lowest BCUT2D eigenvalue weighted by Gasteiger charge is -2.21. The van der Waals surface area contributed by atoms with Gasteiger partial charge in [-0.3, -0.25) is 0 Å². The molecule has 0 spiro atoms. The first kappa shape index (κ1) is 35.4. The van der Waals surface area contributed by atoms with Crippen LogP contribution in [0.2, 0.25) is 0 Å². The molecule has 10 aromatic carbocycles. The minimum Gasteiger partial charge on any atom is -0.455 e. The van der Waals surface area contributed by atoms with Gasteiger partial charge in [-0.25, -0.2) is 0 Å². The summed E-state index contributed by atoms with van der Waals surface area (Å²) < 4.78 is 6.43. The molecule has 0 bridgehead atoms. The molecule has 0 fully saturated rings. The predicted molar refractivity (Wildman–Crippen MR) is 252 cm³/mol. The summed E-state index contributed by atoms with van der Waals surface area (Å²) in [4.78, 5) is 0. The Bertz CT molecular complexity index is 3110. The maximum absolute atomic E-state index is 6.43. The number of fused-ring (bicyclic) bond motifs is 5. The van der Waals surface area contributed by atoms with Gasteiger partial charge in [0.15, 0.2) is 0 Å².